The number of ketones is 1. The molecule has 0 radical (unpaired) electrons. The Kier molecular flexibility index (Phi) is 6.87. The lowest BCUT2D eigenvalue weighted by atomic mass is 10.1. The van der Waals surface area contributed by atoms with Crippen molar-refractivity contribution in [1.29, 1.82) is 0 Å². The number of aromatic nitrogens is 1. The summed E-state index contributed by atoms with van der Waals surface area (Å²) in [5, 5.41) is 0.670. The molecular formula is C18H22FNO3S. The van der Waals surface area contributed by atoms with Gasteiger partial charge in [0.05, 0.1) is 17.0 Å². The Morgan fingerprint density at radius 2 is 2.08 bits per heavy atom. The van der Waals surface area contributed by atoms with Gasteiger partial charge in [0.15, 0.2) is 5.78 Å². The third-order valence-corrected chi connectivity index (χ3v) is 4.46. The summed E-state index contributed by atoms with van der Waals surface area (Å²) in [4.78, 5) is 16.6. The molecule has 0 amide bonds. The molecule has 0 saturated carbocycles. The molecule has 4 nitrogen and oxygen atoms in total. The number of thiazole rings is 1. The average Bonchev–Trinajstić information content (AvgIpc) is 2.91. The van der Waals surface area contributed by atoms with Crippen molar-refractivity contribution in [2.45, 2.75) is 33.6 Å². The van der Waals surface area contributed by atoms with Crippen molar-refractivity contribution >= 4 is 17.1 Å². The Bertz CT molecular complexity index is 700. The Hall–Kier alpha value is -1.79. The van der Waals surface area contributed by atoms with Crippen molar-refractivity contribution in [1.82, 2.24) is 4.98 Å². The van der Waals surface area contributed by atoms with E-state index >= 15 is 0 Å². The number of nitrogens with zero attached hydrogens (tertiary/aromatic N) is 1. The molecule has 0 N–H and O–H groups in total. The number of aryl methyl sites for hydroxylation is 1. The van der Waals surface area contributed by atoms with Gasteiger partial charge in [-0.25, -0.2) is 9.37 Å². The lowest BCUT2D eigenvalue weighted by molar-refractivity contribution is 0.0965. The molecule has 2 aromatic rings. The van der Waals surface area contributed by atoms with Crippen LogP contribution < -0.4 is 4.74 Å². The van der Waals surface area contributed by atoms with Gasteiger partial charge in [-0.1, -0.05) is 19.4 Å². The van der Waals surface area contributed by atoms with Gasteiger partial charge >= 0.3 is 0 Å². The number of hydrogen-bond acceptors (Lipinski definition) is 5. The van der Waals surface area contributed by atoms with Crippen molar-refractivity contribution in [2.75, 3.05) is 19.8 Å². The first kappa shape index (κ1) is 18.5. The van der Waals surface area contributed by atoms with Crippen LogP contribution in [0.15, 0.2) is 18.2 Å². The number of unbranched alkanes of at least 4 members (excludes halogenated alkanes) is 1. The fourth-order valence-electron chi connectivity index (χ4n) is 2.12. The topological polar surface area (TPSA) is 48.4 Å². The summed E-state index contributed by atoms with van der Waals surface area (Å²) in [7, 11) is 0. The van der Waals surface area contributed by atoms with Gasteiger partial charge in [-0.3, -0.25) is 4.79 Å². The van der Waals surface area contributed by atoms with Crippen molar-refractivity contribution < 1.29 is 18.7 Å². The molecule has 2 rings (SSSR count). The molecule has 1 aromatic carbocycles. The second kappa shape index (κ2) is 8.89. The second-order valence-electron chi connectivity index (χ2n) is 5.45. The smallest absolute Gasteiger partial charge is 0.228 e. The van der Waals surface area contributed by atoms with Crippen LogP contribution in [0, 0.1) is 12.7 Å². The zero-order valence-corrected chi connectivity index (χ0v) is 15.0. The molecule has 6 heteroatoms. The van der Waals surface area contributed by atoms with E-state index in [-0.39, 0.29) is 11.3 Å². The van der Waals surface area contributed by atoms with E-state index in [1.807, 2.05) is 6.92 Å². The molecule has 0 aliphatic carbocycles. The summed E-state index contributed by atoms with van der Waals surface area (Å²) in [6.45, 7) is 7.07. The molecule has 0 spiro atoms. The van der Waals surface area contributed by atoms with Crippen LogP contribution in [0.3, 0.4) is 0 Å². The number of halogens is 1. The summed E-state index contributed by atoms with van der Waals surface area (Å²) in [6, 6.07) is 4.54. The zero-order chi connectivity index (χ0) is 17.5. The van der Waals surface area contributed by atoms with E-state index in [2.05, 4.69) is 11.9 Å². The quantitative estimate of drug-likeness (QED) is 0.487. The van der Waals surface area contributed by atoms with E-state index in [1.54, 1.807) is 6.07 Å². The molecule has 1 aromatic heterocycles. The Balaban J connectivity index is 2.00. The van der Waals surface area contributed by atoms with Gasteiger partial charge in [-0.05, 0) is 32.4 Å². The lowest BCUT2D eigenvalue weighted by Gasteiger charge is -2.05. The summed E-state index contributed by atoms with van der Waals surface area (Å²) in [6.07, 6.45) is 2.15. The molecule has 24 heavy (non-hydrogen) atoms. The highest BCUT2D eigenvalue weighted by Gasteiger charge is 2.14. The Labute approximate surface area is 145 Å². The number of hydrogen-bond donors (Lipinski definition) is 0. The van der Waals surface area contributed by atoms with Crippen LogP contribution in [0.25, 0.3) is 10.6 Å². The Morgan fingerprint density at radius 3 is 2.75 bits per heavy atom. The van der Waals surface area contributed by atoms with E-state index in [4.69, 9.17) is 9.47 Å². The molecule has 0 aliphatic heterocycles. The first-order valence-electron chi connectivity index (χ1n) is 8.01. The van der Waals surface area contributed by atoms with Crippen LogP contribution in [0.5, 0.6) is 5.88 Å². The molecule has 0 unspecified atom stereocenters. The van der Waals surface area contributed by atoms with E-state index in [0.717, 1.165) is 24.3 Å². The molecule has 0 saturated heterocycles. The van der Waals surface area contributed by atoms with E-state index in [9.17, 15) is 9.18 Å². The summed E-state index contributed by atoms with van der Waals surface area (Å²) < 4.78 is 25.0. The average molecular weight is 351 g/mol. The maximum absolute atomic E-state index is 14.0. The van der Waals surface area contributed by atoms with Crippen LogP contribution in [-0.2, 0) is 4.74 Å². The SMILES string of the molecule is CCCCOCCOc1nc(-c2ccc(C(C)=O)c(F)c2)sc1C. The minimum atomic E-state index is -0.528. The monoisotopic (exact) mass is 351 g/mol. The standard InChI is InChI=1S/C18H22FNO3S/c1-4-5-8-22-9-10-23-17-13(3)24-18(20-17)14-6-7-15(12(2)21)16(19)11-14/h6-7,11H,4-5,8-10H2,1-3H3. The van der Waals surface area contributed by atoms with Crippen LogP contribution in [0.2, 0.25) is 0 Å². The molecule has 130 valence electrons. The maximum Gasteiger partial charge on any atom is 0.228 e. The predicted molar refractivity (Wildman–Crippen MR) is 93.5 cm³/mol. The highest BCUT2D eigenvalue weighted by Crippen LogP contribution is 2.32. The molecule has 0 bridgehead atoms. The first-order valence-corrected chi connectivity index (χ1v) is 8.83. The third-order valence-electron chi connectivity index (χ3n) is 3.46. The van der Waals surface area contributed by atoms with Crippen molar-refractivity contribution in [3.05, 3.63) is 34.5 Å². The van der Waals surface area contributed by atoms with Crippen LogP contribution in [-0.4, -0.2) is 30.6 Å². The number of benzene rings is 1. The van der Waals surface area contributed by atoms with E-state index < -0.39 is 5.82 Å². The zero-order valence-electron chi connectivity index (χ0n) is 14.2. The minimum Gasteiger partial charge on any atom is -0.474 e. The van der Waals surface area contributed by atoms with Crippen LogP contribution in [0.4, 0.5) is 4.39 Å². The van der Waals surface area contributed by atoms with Gasteiger partial charge in [0.1, 0.15) is 17.4 Å². The van der Waals surface area contributed by atoms with Crippen molar-refractivity contribution in [3.63, 3.8) is 0 Å². The van der Waals surface area contributed by atoms with Crippen LogP contribution >= 0.6 is 11.3 Å². The summed E-state index contributed by atoms with van der Waals surface area (Å²) in [5.41, 5.74) is 0.729. The highest BCUT2D eigenvalue weighted by molar-refractivity contribution is 7.15. The lowest BCUT2D eigenvalue weighted by Crippen LogP contribution is -2.08. The second-order valence-corrected chi connectivity index (χ2v) is 6.65. The molecule has 0 aliphatic rings. The van der Waals surface area contributed by atoms with Gasteiger partial charge in [-0.2, -0.15) is 0 Å². The normalized spacial score (nSPS) is 10.8. The molecule has 0 fully saturated rings. The number of rotatable bonds is 9. The van der Waals surface area contributed by atoms with Crippen molar-refractivity contribution in [2.24, 2.45) is 0 Å². The maximum atomic E-state index is 14.0. The fourth-order valence-corrected chi connectivity index (χ4v) is 2.97. The van der Waals surface area contributed by atoms with Gasteiger partial charge in [0, 0.05) is 12.2 Å². The van der Waals surface area contributed by atoms with Gasteiger partial charge < -0.3 is 9.47 Å². The highest BCUT2D eigenvalue weighted by atomic mass is 32.1. The summed E-state index contributed by atoms with van der Waals surface area (Å²) in [5.74, 6) is -0.272. The van der Waals surface area contributed by atoms with Gasteiger partial charge in [0.25, 0.3) is 0 Å². The van der Waals surface area contributed by atoms with E-state index in [1.165, 1.54) is 30.4 Å². The van der Waals surface area contributed by atoms with Gasteiger partial charge in [-0.15, -0.1) is 11.3 Å². The Morgan fingerprint density at radius 1 is 1.29 bits per heavy atom. The molecule has 0 atom stereocenters. The molecule has 1 heterocycles. The number of carbonyl (C=O) groups excluding carboxylic acids is 1. The number of ether oxygens (including phenoxy) is 2. The number of Topliss-reactive ketones (excluding diaryl/α,β-unsaturated/α-hetero) is 1. The van der Waals surface area contributed by atoms with E-state index in [0.29, 0.717) is 29.7 Å². The predicted octanol–water partition coefficient (Wildman–Crippen LogP) is 4.66. The third kappa shape index (κ3) is 4.85. The molecular weight excluding hydrogens is 329 g/mol. The van der Waals surface area contributed by atoms with Crippen LogP contribution in [0.1, 0.15) is 41.9 Å². The summed E-state index contributed by atoms with van der Waals surface area (Å²) >= 11 is 1.43. The van der Waals surface area contributed by atoms with Crippen molar-refractivity contribution in [3.8, 4) is 16.5 Å². The fraction of sp³-hybridized carbons (Fsp3) is 0.444. The largest absolute Gasteiger partial charge is 0.474 e. The number of carbonyl (C=O) groups is 1. The first-order chi connectivity index (χ1) is 11.5. The van der Waals surface area contributed by atoms with Gasteiger partial charge in [0.2, 0.25) is 5.88 Å². The minimum absolute atomic E-state index is 0.0905.